The van der Waals surface area contributed by atoms with E-state index in [0.717, 1.165) is 35.7 Å². The summed E-state index contributed by atoms with van der Waals surface area (Å²) in [5.41, 5.74) is 3.33. The Hall–Kier alpha value is -2.01. The van der Waals surface area contributed by atoms with E-state index in [1.807, 2.05) is 23.9 Å². The molecule has 0 bridgehead atoms. The number of ether oxygens (including phenoxy) is 2. The molecule has 2 heterocycles. The van der Waals surface area contributed by atoms with Crippen LogP contribution in [0, 0.1) is 0 Å². The van der Waals surface area contributed by atoms with E-state index in [4.69, 9.17) is 9.47 Å². The predicted octanol–water partition coefficient (Wildman–Crippen LogP) is 2.50. The Morgan fingerprint density at radius 1 is 1.23 bits per heavy atom. The largest absolute Gasteiger partial charge is 0.490 e. The van der Waals surface area contributed by atoms with Gasteiger partial charge in [0.15, 0.2) is 11.5 Å². The standard InChI is InChI=1S/C17H21N3O2/c1-20-11-13(10-18-14-4-5-14)17(19-20)12-3-6-15-16(9-12)22-8-2-7-21-15/h3,6,9,11,14,18H,2,4-5,7-8,10H2,1H3. The second kappa shape index (κ2) is 5.65. The minimum absolute atomic E-state index is 0.692. The lowest BCUT2D eigenvalue weighted by Gasteiger charge is -2.09. The summed E-state index contributed by atoms with van der Waals surface area (Å²) in [6.07, 6.45) is 5.59. The average Bonchev–Trinajstić information content (AvgIpc) is 3.31. The highest BCUT2D eigenvalue weighted by Crippen LogP contribution is 2.34. The van der Waals surface area contributed by atoms with Crippen molar-refractivity contribution in [2.45, 2.75) is 31.8 Å². The van der Waals surface area contributed by atoms with Crippen LogP contribution in [-0.4, -0.2) is 29.0 Å². The summed E-state index contributed by atoms with van der Waals surface area (Å²) >= 11 is 0. The first kappa shape index (κ1) is 13.6. The van der Waals surface area contributed by atoms with Crippen molar-refractivity contribution in [1.29, 1.82) is 0 Å². The summed E-state index contributed by atoms with van der Waals surface area (Å²) in [6.45, 7) is 2.28. The SMILES string of the molecule is Cn1cc(CNC2CC2)c(-c2ccc3c(c2)OCCCO3)n1. The maximum Gasteiger partial charge on any atom is 0.161 e. The van der Waals surface area contributed by atoms with Gasteiger partial charge in [-0.1, -0.05) is 0 Å². The van der Waals surface area contributed by atoms with Gasteiger partial charge < -0.3 is 14.8 Å². The van der Waals surface area contributed by atoms with E-state index >= 15 is 0 Å². The van der Waals surface area contributed by atoms with Gasteiger partial charge in [-0.05, 0) is 31.0 Å². The number of aryl methyl sites for hydroxylation is 1. The van der Waals surface area contributed by atoms with Crippen LogP contribution in [0.25, 0.3) is 11.3 Å². The van der Waals surface area contributed by atoms with Crippen LogP contribution < -0.4 is 14.8 Å². The number of nitrogens with one attached hydrogen (secondary N) is 1. The van der Waals surface area contributed by atoms with Crippen LogP contribution in [-0.2, 0) is 13.6 Å². The summed E-state index contributed by atoms with van der Waals surface area (Å²) < 4.78 is 13.4. The minimum Gasteiger partial charge on any atom is -0.490 e. The Labute approximate surface area is 130 Å². The first-order valence-electron chi connectivity index (χ1n) is 7.95. The number of aromatic nitrogens is 2. The highest BCUT2D eigenvalue weighted by molar-refractivity contribution is 5.66. The smallest absolute Gasteiger partial charge is 0.161 e. The van der Waals surface area contributed by atoms with Gasteiger partial charge in [-0.2, -0.15) is 5.10 Å². The lowest BCUT2D eigenvalue weighted by molar-refractivity contribution is 0.297. The van der Waals surface area contributed by atoms with E-state index < -0.39 is 0 Å². The van der Waals surface area contributed by atoms with E-state index in [-0.39, 0.29) is 0 Å². The molecule has 116 valence electrons. The van der Waals surface area contributed by atoms with Crippen molar-refractivity contribution < 1.29 is 9.47 Å². The zero-order valence-electron chi connectivity index (χ0n) is 12.8. The number of hydrogen-bond donors (Lipinski definition) is 1. The number of nitrogens with zero attached hydrogens (tertiary/aromatic N) is 2. The zero-order valence-corrected chi connectivity index (χ0v) is 12.8. The van der Waals surface area contributed by atoms with Gasteiger partial charge in [-0.25, -0.2) is 0 Å². The fourth-order valence-electron chi connectivity index (χ4n) is 2.76. The Bertz CT molecular complexity index is 677. The molecule has 0 saturated heterocycles. The first-order valence-corrected chi connectivity index (χ1v) is 7.95. The minimum atomic E-state index is 0.692. The summed E-state index contributed by atoms with van der Waals surface area (Å²) in [6, 6.07) is 6.79. The van der Waals surface area contributed by atoms with E-state index in [1.54, 1.807) is 0 Å². The predicted molar refractivity (Wildman–Crippen MR) is 84.1 cm³/mol. The molecule has 0 radical (unpaired) electrons. The van der Waals surface area contributed by atoms with E-state index in [9.17, 15) is 0 Å². The fourth-order valence-corrected chi connectivity index (χ4v) is 2.76. The molecule has 1 aliphatic heterocycles. The average molecular weight is 299 g/mol. The van der Waals surface area contributed by atoms with Gasteiger partial charge in [-0.3, -0.25) is 4.68 Å². The molecule has 5 nitrogen and oxygen atoms in total. The van der Waals surface area contributed by atoms with Gasteiger partial charge in [0.25, 0.3) is 0 Å². The van der Waals surface area contributed by atoms with Crippen LogP contribution in [0.4, 0.5) is 0 Å². The molecule has 4 rings (SSSR count). The fraction of sp³-hybridized carbons (Fsp3) is 0.471. The molecule has 22 heavy (non-hydrogen) atoms. The Balaban J connectivity index is 1.64. The van der Waals surface area contributed by atoms with Crippen molar-refractivity contribution >= 4 is 0 Å². The zero-order chi connectivity index (χ0) is 14.9. The van der Waals surface area contributed by atoms with Crippen LogP contribution >= 0.6 is 0 Å². The molecule has 5 heteroatoms. The summed E-state index contributed by atoms with van der Waals surface area (Å²) in [7, 11) is 1.97. The third-order valence-corrected chi connectivity index (χ3v) is 4.08. The van der Waals surface area contributed by atoms with Crippen molar-refractivity contribution in [3.63, 3.8) is 0 Å². The molecule has 0 atom stereocenters. The molecule has 2 aliphatic rings. The van der Waals surface area contributed by atoms with Gasteiger partial charge in [0.1, 0.15) is 0 Å². The van der Waals surface area contributed by atoms with Gasteiger partial charge in [-0.15, -0.1) is 0 Å². The van der Waals surface area contributed by atoms with E-state index in [0.29, 0.717) is 19.3 Å². The molecule has 1 fully saturated rings. The van der Waals surface area contributed by atoms with Gasteiger partial charge >= 0.3 is 0 Å². The number of hydrogen-bond acceptors (Lipinski definition) is 4. The molecule has 1 N–H and O–H groups in total. The van der Waals surface area contributed by atoms with Crippen molar-refractivity contribution in [2.75, 3.05) is 13.2 Å². The number of fused-ring (bicyclic) bond motifs is 1. The maximum atomic E-state index is 5.79. The molecule has 0 unspecified atom stereocenters. The van der Waals surface area contributed by atoms with Crippen LogP contribution in [0.3, 0.4) is 0 Å². The molecule has 1 aromatic heterocycles. The third-order valence-electron chi connectivity index (χ3n) is 4.08. The lowest BCUT2D eigenvalue weighted by Crippen LogP contribution is -2.15. The van der Waals surface area contributed by atoms with Crippen LogP contribution in [0.5, 0.6) is 11.5 Å². The molecule has 1 saturated carbocycles. The molecule has 0 amide bonds. The number of benzene rings is 1. The van der Waals surface area contributed by atoms with Crippen LogP contribution in [0.1, 0.15) is 24.8 Å². The van der Waals surface area contributed by atoms with E-state index in [2.05, 4.69) is 22.7 Å². The van der Waals surface area contributed by atoms with Gasteiger partial charge in [0.2, 0.25) is 0 Å². The third kappa shape index (κ3) is 2.81. The molecule has 0 spiro atoms. The highest BCUT2D eigenvalue weighted by Gasteiger charge is 2.22. The highest BCUT2D eigenvalue weighted by atomic mass is 16.5. The van der Waals surface area contributed by atoms with Crippen molar-refractivity contribution in [1.82, 2.24) is 15.1 Å². The monoisotopic (exact) mass is 299 g/mol. The Morgan fingerprint density at radius 2 is 2.05 bits per heavy atom. The van der Waals surface area contributed by atoms with Crippen molar-refractivity contribution in [3.8, 4) is 22.8 Å². The number of rotatable bonds is 4. The Morgan fingerprint density at radius 3 is 2.86 bits per heavy atom. The second-order valence-corrected chi connectivity index (χ2v) is 6.04. The van der Waals surface area contributed by atoms with Crippen molar-refractivity contribution in [3.05, 3.63) is 30.0 Å². The summed E-state index contributed by atoms with van der Waals surface area (Å²) in [5, 5.41) is 8.19. The molecular formula is C17H21N3O2. The van der Waals surface area contributed by atoms with Gasteiger partial charge in [0, 0.05) is 43.4 Å². The molecular weight excluding hydrogens is 278 g/mol. The maximum absolute atomic E-state index is 5.79. The molecule has 1 aromatic carbocycles. The normalized spacial score (nSPS) is 17.3. The second-order valence-electron chi connectivity index (χ2n) is 6.04. The lowest BCUT2D eigenvalue weighted by atomic mass is 10.1. The summed E-state index contributed by atoms with van der Waals surface area (Å²) in [4.78, 5) is 0. The van der Waals surface area contributed by atoms with Crippen LogP contribution in [0.15, 0.2) is 24.4 Å². The summed E-state index contributed by atoms with van der Waals surface area (Å²) in [5.74, 6) is 1.65. The Kier molecular flexibility index (Phi) is 3.50. The van der Waals surface area contributed by atoms with Crippen LogP contribution in [0.2, 0.25) is 0 Å². The van der Waals surface area contributed by atoms with E-state index in [1.165, 1.54) is 18.4 Å². The quantitative estimate of drug-likeness (QED) is 0.942. The molecule has 1 aliphatic carbocycles. The van der Waals surface area contributed by atoms with Crippen molar-refractivity contribution in [2.24, 2.45) is 7.05 Å². The molecule has 2 aromatic rings. The van der Waals surface area contributed by atoms with Gasteiger partial charge in [0.05, 0.1) is 18.9 Å². The first-order chi connectivity index (χ1) is 10.8. The topological polar surface area (TPSA) is 48.3 Å².